The second-order valence-electron chi connectivity index (χ2n) is 7.93. The molecular weight excluding hydrogens is 460 g/mol. The van der Waals surface area contributed by atoms with E-state index >= 15 is 0 Å². The van der Waals surface area contributed by atoms with Gasteiger partial charge in [0.15, 0.2) is 11.2 Å². The molecule has 14 heteroatoms. The van der Waals surface area contributed by atoms with Crippen LogP contribution in [-0.4, -0.2) is 67.3 Å². The Morgan fingerprint density at radius 3 is 2.11 bits per heavy atom. The minimum atomic E-state index is -0.426. The molecule has 192 valence electrons. The molecule has 0 bridgehead atoms. The summed E-state index contributed by atoms with van der Waals surface area (Å²) in [6.45, 7) is 4.55. The van der Waals surface area contributed by atoms with Crippen molar-refractivity contribution in [3.63, 3.8) is 0 Å². The highest BCUT2D eigenvalue weighted by Crippen LogP contribution is 2.13. The summed E-state index contributed by atoms with van der Waals surface area (Å²) in [7, 11) is 6.04. The van der Waals surface area contributed by atoms with Crippen molar-refractivity contribution in [2.75, 3.05) is 50.2 Å². The number of nitrogens with one attached hydrogen (secondary N) is 2. The van der Waals surface area contributed by atoms with Crippen molar-refractivity contribution in [3.8, 4) is 0 Å². The number of rotatable bonds is 12. The van der Waals surface area contributed by atoms with Gasteiger partial charge in [-0.2, -0.15) is 0 Å². The largest absolute Gasteiger partial charge is 0.377 e. The second kappa shape index (κ2) is 11.2. The van der Waals surface area contributed by atoms with Gasteiger partial charge in [-0.25, -0.2) is 14.6 Å². The molecule has 0 atom stereocenters. The Hall–Kier alpha value is -3.65. The number of hydrogen-bond donors (Lipinski definition) is 2. The quantitative estimate of drug-likeness (QED) is 0.285. The van der Waals surface area contributed by atoms with Crippen molar-refractivity contribution in [3.05, 3.63) is 48.0 Å². The molecule has 3 aromatic rings. The molecule has 0 aliphatic carbocycles. The maximum Gasteiger partial charge on any atom is 0.332 e. The van der Waals surface area contributed by atoms with Crippen LogP contribution >= 0.6 is 0 Å². The van der Waals surface area contributed by atoms with E-state index in [9.17, 15) is 19.2 Å². The van der Waals surface area contributed by atoms with Crippen LogP contribution in [0, 0.1) is 0 Å². The van der Waals surface area contributed by atoms with Crippen molar-refractivity contribution in [1.29, 1.82) is 0 Å². The first-order valence-electron chi connectivity index (χ1n) is 11.2. The molecule has 2 N–H and O–H groups in total. The van der Waals surface area contributed by atoms with Crippen LogP contribution in [0.1, 0.15) is 6.92 Å². The summed E-state index contributed by atoms with van der Waals surface area (Å²) in [6.07, 6.45) is 1.52. The van der Waals surface area contributed by atoms with Gasteiger partial charge in [0.1, 0.15) is 11.5 Å². The number of fused-ring (bicyclic) bond motifs is 1. The van der Waals surface area contributed by atoms with E-state index in [1.54, 1.807) is 18.7 Å². The molecule has 0 fully saturated rings. The highest BCUT2D eigenvalue weighted by molar-refractivity contribution is 5.69. The predicted octanol–water partition coefficient (Wildman–Crippen LogP) is -1.59. The minimum absolute atomic E-state index is 0.313. The van der Waals surface area contributed by atoms with Gasteiger partial charge in [0.25, 0.3) is 11.1 Å². The van der Waals surface area contributed by atoms with Gasteiger partial charge < -0.3 is 24.7 Å². The van der Waals surface area contributed by atoms with Crippen LogP contribution in [0.4, 0.5) is 11.5 Å². The normalized spacial score (nSPS) is 11.3. The zero-order chi connectivity index (χ0) is 25.7. The maximum absolute atomic E-state index is 12.5. The first-order valence-corrected chi connectivity index (χ1v) is 11.2. The Balaban J connectivity index is 1.44. The Bertz CT molecular complexity index is 1430. The monoisotopic (exact) mass is 492 g/mol. The third kappa shape index (κ3) is 5.22. The summed E-state index contributed by atoms with van der Waals surface area (Å²) in [5.41, 5.74) is -0.645. The standard InChI is InChI=1S/C21H32N8O6/c1-6-22-16-14(18(30)27(4)20(32)25(16)2)23-7-9-34-11-12-35-10-8-29-13-24-17-15(29)19(31)28(5)21(33)26(17)3/h13,22-23H,6-12H2,1-5H3. The van der Waals surface area contributed by atoms with Crippen LogP contribution in [0.2, 0.25) is 0 Å². The lowest BCUT2D eigenvalue weighted by Crippen LogP contribution is -2.40. The smallest absolute Gasteiger partial charge is 0.332 e. The predicted molar refractivity (Wildman–Crippen MR) is 131 cm³/mol. The number of hydrogen-bond acceptors (Lipinski definition) is 9. The van der Waals surface area contributed by atoms with Crippen molar-refractivity contribution >= 4 is 22.7 Å². The molecule has 0 radical (unpaired) electrons. The maximum atomic E-state index is 12.5. The van der Waals surface area contributed by atoms with Crippen LogP contribution < -0.4 is 33.1 Å². The van der Waals surface area contributed by atoms with Gasteiger partial charge in [-0.15, -0.1) is 0 Å². The van der Waals surface area contributed by atoms with Gasteiger partial charge in [0, 0.05) is 47.8 Å². The lowest BCUT2D eigenvalue weighted by molar-refractivity contribution is 0.0487. The summed E-state index contributed by atoms with van der Waals surface area (Å²) >= 11 is 0. The average Bonchev–Trinajstić information content (AvgIpc) is 3.28. The van der Waals surface area contributed by atoms with Gasteiger partial charge in [-0.05, 0) is 6.92 Å². The minimum Gasteiger partial charge on any atom is -0.377 e. The summed E-state index contributed by atoms with van der Waals surface area (Å²) in [5, 5.41) is 6.09. The molecule has 0 unspecified atom stereocenters. The molecule has 14 nitrogen and oxygen atoms in total. The van der Waals surface area contributed by atoms with Crippen molar-refractivity contribution in [2.45, 2.75) is 13.5 Å². The third-order valence-electron chi connectivity index (χ3n) is 5.62. The molecule has 0 aliphatic rings. The number of aromatic nitrogens is 6. The molecule has 0 aliphatic heterocycles. The van der Waals surface area contributed by atoms with E-state index in [0.717, 1.165) is 9.13 Å². The Kier molecular flexibility index (Phi) is 8.30. The van der Waals surface area contributed by atoms with Gasteiger partial charge in [-0.1, -0.05) is 0 Å². The SMILES string of the molecule is CCNc1c(NCCOCCOCCn2cnc3c2c(=O)n(C)c(=O)n3C)c(=O)n(C)c(=O)n1C. The number of nitrogens with zero attached hydrogens (tertiary/aromatic N) is 6. The van der Waals surface area contributed by atoms with E-state index in [1.165, 1.54) is 29.6 Å². The highest BCUT2D eigenvalue weighted by Gasteiger charge is 2.15. The Morgan fingerprint density at radius 1 is 0.800 bits per heavy atom. The molecular formula is C21H32N8O6. The highest BCUT2D eigenvalue weighted by atomic mass is 16.5. The lowest BCUT2D eigenvalue weighted by atomic mass is 10.4. The van der Waals surface area contributed by atoms with E-state index in [1.807, 2.05) is 6.92 Å². The molecule has 0 spiro atoms. The van der Waals surface area contributed by atoms with E-state index in [4.69, 9.17) is 9.47 Å². The zero-order valence-electron chi connectivity index (χ0n) is 20.7. The molecule has 0 amide bonds. The number of aryl methyl sites for hydroxylation is 1. The summed E-state index contributed by atoms with van der Waals surface area (Å²) < 4.78 is 17.6. The molecule has 0 saturated heterocycles. The molecule has 3 heterocycles. The van der Waals surface area contributed by atoms with Crippen LogP contribution in [0.15, 0.2) is 25.5 Å². The van der Waals surface area contributed by atoms with E-state index in [-0.39, 0.29) is 0 Å². The fourth-order valence-electron chi connectivity index (χ4n) is 3.68. The third-order valence-corrected chi connectivity index (χ3v) is 5.62. The average molecular weight is 493 g/mol. The van der Waals surface area contributed by atoms with E-state index in [0.29, 0.717) is 68.7 Å². The molecule has 0 aromatic carbocycles. The van der Waals surface area contributed by atoms with Gasteiger partial charge in [0.2, 0.25) is 0 Å². The van der Waals surface area contributed by atoms with Crippen LogP contribution in [0.3, 0.4) is 0 Å². The summed E-state index contributed by atoms with van der Waals surface area (Å²) in [6, 6.07) is 0. The molecule has 35 heavy (non-hydrogen) atoms. The molecule has 0 saturated carbocycles. The summed E-state index contributed by atoms with van der Waals surface area (Å²) in [5.74, 6) is 0.436. The summed E-state index contributed by atoms with van der Waals surface area (Å²) in [4.78, 5) is 53.2. The zero-order valence-corrected chi connectivity index (χ0v) is 20.7. The van der Waals surface area contributed by atoms with Crippen LogP contribution in [-0.2, 0) is 44.2 Å². The topological polar surface area (TPSA) is 148 Å². The first kappa shape index (κ1) is 26.0. The van der Waals surface area contributed by atoms with Crippen molar-refractivity contribution in [2.24, 2.45) is 28.2 Å². The number of anilines is 2. The van der Waals surface area contributed by atoms with E-state index in [2.05, 4.69) is 15.6 Å². The lowest BCUT2D eigenvalue weighted by Gasteiger charge is -2.17. The second-order valence-corrected chi connectivity index (χ2v) is 7.93. The fraction of sp³-hybridized carbons (Fsp3) is 0.571. The number of ether oxygens (including phenoxy) is 2. The number of imidazole rings is 1. The van der Waals surface area contributed by atoms with Gasteiger partial charge >= 0.3 is 11.4 Å². The van der Waals surface area contributed by atoms with Gasteiger partial charge in [0.05, 0.1) is 32.8 Å². The van der Waals surface area contributed by atoms with Crippen molar-refractivity contribution in [1.82, 2.24) is 27.8 Å². The van der Waals surface area contributed by atoms with Crippen LogP contribution in [0.5, 0.6) is 0 Å². The fourth-order valence-corrected chi connectivity index (χ4v) is 3.68. The van der Waals surface area contributed by atoms with Crippen LogP contribution in [0.25, 0.3) is 11.2 Å². The molecule has 3 rings (SSSR count). The van der Waals surface area contributed by atoms with Crippen molar-refractivity contribution < 1.29 is 9.47 Å². The van der Waals surface area contributed by atoms with E-state index < -0.39 is 22.5 Å². The van der Waals surface area contributed by atoms with Gasteiger partial charge in [-0.3, -0.25) is 27.9 Å². The molecule has 3 aromatic heterocycles. The Morgan fingerprint density at radius 2 is 1.43 bits per heavy atom. The Labute approximate surface area is 200 Å². The first-order chi connectivity index (χ1) is 16.7.